The number of rotatable bonds is 4. The fourth-order valence-electron chi connectivity index (χ4n) is 1.86. The van der Waals surface area contributed by atoms with Crippen LogP contribution < -0.4 is 16.4 Å². The van der Waals surface area contributed by atoms with Gasteiger partial charge in [-0.15, -0.1) is 0 Å². The van der Waals surface area contributed by atoms with Crippen LogP contribution in [0.5, 0.6) is 0 Å². The van der Waals surface area contributed by atoms with E-state index >= 15 is 0 Å². The van der Waals surface area contributed by atoms with Gasteiger partial charge in [-0.05, 0) is 37.1 Å². The molecule has 2 aromatic carbocycles. The van der Waals surface area contributed by atoms with Gasteiger partial charge in [0.1, 0.15) is 0 Å². The van der Waals surface area contributed by atoms with E-state index in [1.165, 1.54) is 11.1 Å². The summed E-state index contributed by atoms with van der Waals surface area (Å²) in [6.07, 6.45) is 0.788. The standard InChI is InChI=1S/C16H18ClN3O/c1-11-2-4-12(5-3-11)8-9-19-16(21)20-13-6-7-15(18)14(17)10-13/h2-7,10H,8-9,18H2,1H3,(H2,19,20,21). The summed E-state index contributed by atoms with van der Waals surface area (Å²) in [6.45, 7) is 2.62. The third-order valence-electron chi connectivity index (χ3n) is 3.08. The Kier molecular flexibility index (Phi) is 5.06. The number of nitrogens with two attached hydrogens (primary N) is 1. The van der Waals surface area contributed by atoms with Crippen LogP contribution in [0.1, 0.15) is 11.1 Å². The topological polar surface area (TPSA) is 67.2 Å². The molecule has 0 aromatic heterocycles. The molecule has 0 aliphatic carbocycles. The number of hydrogen-bond acceptors (Lipinski definition) is 2. The Morgan fingerprint density at radius 2 is 1.90 bits per heavy atom. The van der Waals surface area contributed by atoms with Gasteiger partial charge in [0.05, 0.1) is 10.7 Å². The molecule has 0 aliphatic heterocycles. The molecule has 110 valence electrons. The van der Waals surface area contributed by atoms with Crippen LogP contribution in [0.15, 0.2) is 42.5 Å². The first-order valence-electron chi connectivity index (χ1n) is 6.70. The number of carbonyl (C=O) groups is 1. The molecule has 0 bridgehead atoms. The molecule has 0 fully saturated rings. The third-order valence-corrected chi connectivity index (χ3v) is 3.41. The number of nitrogen functional groups attached to an aromatic ring is 1. The van der Waals surface area contributed by atoms with Crippen molar-refractivity contribution >= 4 is 29.0 Å². The molecule has 4 N–H and O–H groups in total. The van der Waals surface area contributed by atoms with Crippen molar-refractivity contribution in [3.05, 3.63) is 58.6 Å². The number of carbonyl (C=O) groups excluding carboxylic acids is 1. The van der Waals surface area contributed by atoms with Crippen molar-refractivity contribution < 1.29 is 4.79 Å². The molecule has 0 atom stereocenters. The molecular formula is C16H18ClN3O. The Hall–Kier alpha value is -2.20. The molecule has 2 rings (SSSR count). The van der Waals surface area contributed by atoms with Crippen LogP contribution in [0, 0.1) is 6.92 Å². The number of urea groups is 1. The van der Waals surface area contributed by atoms with E-state index in [4.69, 9.17) is 17.3 Å². The molecule has 0 heterocycles. The van der Waals surface area contributed by atoms with Crippen LogP contribution in [-0.4, -0.2) is 12.6 Å². The van der Waals surface area contributed by atoms with Crippen LogP contribution in [-0.2, 0) is 6.42 Å². The highest BCUT2D eigenvalue weighted by molar-refractivity contribution is 6.33. The maximum atomic E-state index is 11.8. The minimum absolute atomic E-state index is 0.261. The van der Waals surface area contributed by atoms with Crippen molar-refractivity contribution in [2.75, 3.05) is 17.6 Å². The van der Waals surface area contributed by atoms with Gasteiger partial charge in [0, 0.05) is 12.2 Å². The van der Waals surface area contributed by atoms with Crippen LogP contribution in [0.3, 0.4) is 0 Å². The lowest BCUT2D eigenvalue weighted by Gasteiger charge is -2.09. The summed E-state index contributed by atoms with van der Waals surface area (Å²) in [7, 11) is 0. The van der Waals surface area contributed by atoms with Gasteiger partial charge in [-0.2, -0.15) is 0 Å². The largest absolute Gasteiger partial charge is 0.398 e. The summed E-state index contributed by atoms with van der Waals surface area (Å²) >= 11 is 5.90. The molecular weight excluding hydrogens is 286 g/mol. The lowest BCUT2D eigenvalue weighted by atomic mass is 10.1. The van der Waals surface area contributed by atoms with Gasteiger partial charge in [-0.3, -0.25) is 0 Å². The Morgan fingerprint density at radius 1 is 1.19 bits per heavy atom. The summed E-state index contributed by atoms with van der Waals surface area (Å²) in [6, 6.07) is 13.0. The van der Waals surface area contributed by atoms with E-state index in [0.717, 1.165) is 6.42 Å². The molecule has 5 heteroatoms. The average molecular weight is 304 g/mol. The second-order valence-corrected chi connectivity index (χ2v) is 5.26. The van der Waals surface area contributed by atoms with E-state index in [0.29, 0.717) is 22.9 Å². The second-order valence-electron chi connectivity index (χ2n) is 4.85. The van der Waals surface area contributed by atoms with Crippen molar-refractivity contribution in [2.45, 2.75) is 13.3 Å². The lowest BCUT2D eigenvalue weighted by Crippen LogP contribution is -2.30. The molecule has 21 heavy (non-hydrogen) atoms. The minimum Gasteiger partial charge on any atom is -0.398 e. The first kappa shape index (κ1) is 15.2. The summed E-state index contributed by atoms with van der Waals surface area (Å²) < 4.78 is 0. The molecule has 0 spiro atoms. The summed E-state index contributed by atoms with van der Waals surface area (Å²) in [5.41, 5.74) is 9.13. The Morgan fingerprint density at radius 3 is 2.57 bits per heavy atom. The van der Waals surface area contributed by atoms with Gasteiger partial charge in [-0.1, -0.05) is 41.4 Å². The number of benzene rings is 2. The van der Waals surface area contributed by atoms with Crippen molar-refractivity contribution in [1.29, 1.82) is 0 Å². The van der Waals surface area contributed by atoms with Gasteiger partial charge < -0.3 is 16.4 Å². The fraction of sp³-hybridized carbons (Fsp3) is 0.188. The summed E-state index contributed by atoms with van der Waals surface area (Å²) in [5, 5.41) is 5.94. The zero-order chi connectivity index (χ0) is 15.2. The van der Waals surface area contributed by atoms with Gasteiger partial charge >= 0.3 is 6.03 Å². The van der Waals surface area contributed by atoms with E-state index in [1.54, 1.807) is 18.2 Å². The molecule has 0 aliphatic rings. The Balaban J connectivity index is 1.79. The predicted molar refractivity (Wildman–Crippen MR) is 87.8 cm³/mol. The zero-order valence-electron chi connectivity index (χ0n) is 11.8. The van der Waals surface area contributed by atoms with E-state index in [1.807, 2.05) is 6.92 Å². The SMILES string of the molecule is Cc1ccc(CCNC(=O)Nc2ccc(N)c(Cl)c2)cc1. The van der Waals surface area contributed by atoms with Gasteiger partial charge in [-0.25, -0.2) is 4.79 Å². The van der Waals surface area contributed by atoms with Crippen molar-refractivity contribution in [3.63, 3.8) is 0 Å². The van der Waals surface area contributed by atoms with Crippen LogP contribution >= 0.6 is 11.6 Å². The number of nitrogens with one attached hydrogen (secondary N) is 2. The minimum atomic E-state index is -0.261. The van der Waals surface area contributed by atoms with Crippen molar-refractivity contribution in [1.82, 2.24) is 5.32 Å². The smallest absolute Gasteiger partial charge is 0.319 e. The van der Waals surface area contributed by atoms with Crippen LogP contribution in [0.2, 0.25) is 5.02 Å². The Bertz CT molecular complexity index is 626. The normalized spacial score (nSPS) is 10.2. The number of aryl methyl sites for hydroxylation is 1. The number of amides is 2. The Labute approximate surface area is 129 Å². The van der Waals surface area contributed by atoms with Crippen molar-refractivity contribution in [3.8, 4) is 0 Å². The predicted octanol–water partition coefficient (Wildman–Crippen LogP) is 3.59. The maximum Gasteiger partial charge on any atom is 0.319 e. The number of anilines is 2. The zero-order valence-corrected chi connectivity index (χ0v) is 12.6. The van der Waals surface area contributed by atoms with Gasteiger partial charge in [0.2, 0.25) is 0 Å². The van der Waals surface area contributed by atoms with Crippen molar-refractivity contribution in [2.24, 2.45) is 0 Å². The lowest BCUT2D eigenvalue weighted by molar-refractivity contribution is 0.252. The third kappa shape index (κ3) is 4.68. The second kappa shape index (κ2) is 6.99. The highest BCUT2D eigenvalue weighted by Gasteiger charge is 2.03. The molecule has 0 saturated carbocycles. The van der Waals surface area contributed by atoms with Crippen LogP contribution in [0.4, 0.5) is 16.2 Å². The molecule has 4 nitrogen and oxygen atoms in total. The van der Waals surface area contributed by atoms with E-state index in [2.05, 4.69) is 34.9 Å². The first-order chi connectivity index (χ1) is 10.0. The number of hydrogen-bond donors (Lipinski definition) is 3. The highest BCUT2D eigenvalue weighted by Crippen LogP contribution is 2.22. The molecule has 2 aromatic rings. The maximum absolute atomic E-state index is 11.8. The van der Waals surface area contributed by atoms with E-state index in [-0.39, 0.29) is 6.03 Å². The summed E-state index contributed by atoms with van der Waals surface area (Å²) in [5.74, 6) is 0. The molecule has 0 saturated heterocycles. The van der Waals surface area contributed by atoms with E-state index in [9.17, 15) is 4.79 Å². The monoisotopic (exact) mass is 303 g/mol. The summed E-state index contributed by atoms with van der Waals surface area (Å²) in [4.78, 5) is 11.8. The van der Waals surface area contributed by atoms with E-state index < -0.39 is 0 Å². The molecule has 0 radical (unpaired) electrons. The van der Waals surface area contributed by atoms with Crippen LogP contribution in [0.25, 0.3) is 0 Å². The van der Waals surface area contributed by atoms with Gasteiger partial charge in [0.25, 0.3) is 0 Å². The highest BCUT2D eigenvalue weighted by atomic mass is 35.5. The molecule has 0 unspecified atom stereocenters. The first-order valence-corrected chi connectivity index (χ1v) is 7.08. The average Bonchev–Trinajstić information content (AvgIpc) is 2.45. The fourth-order valence-corrected chi connectivity index (χ4v) is 2.04. The number of halogens is 1. The molecule has 2 amide bonds. The quantitative estimate of drug-likeness (QED) is 0.756. The van der Waals surface area contributed by atoms with Gasteiger partial charge in [0.15, 0.2) is 0 Å².